The van der Waals surface area contributed by atoms with E-state index in [4.69, 9.17) is 37.0 Å². The predicted molar refractivity (Wildman–Crippen MR) is 418 cm³/mol. The van der Waals surface area contributed by atoms with Crippen molar-refractivity contribution in [3.8, 4) is 0 Å². The third-order valence-electron chi connectivity index (χ3n) is 19.8. The van der Waals surface area contributed by atoms with Crippen LogP contribution in [0.2, 0.25) is 0 Å². The van der Waals surface area contributed by atoms with Gasteiger partial charge in [0.1, 0.15) is 19.3 Å². The van der Waals surface area contributed by atoms with E-state index in [1.54, 1.807) is 0 Å². The molecule has 3 N–H and O–H groups in total. The lowest BCUT2D eigenvalue weighted by molar-refractivity contribution is -0.161. The minimum atomic E-state index is -4.96. The maximum Gasteiger partial charge on any atom is 0.472 e. The van der Waals surface area contributed by atoms with Gasteiger partial charge in [0.05, 0.1) is 26.4 Å². The van der Waals surface area contributed by atoms with Crippen LogP contribution in [0.15, 0.2) is 0 Å². The first-order chi connectivity index (χ1) is 49.4. The highest BCUT2D eigenvalue weighted by atomic mass is 31.2. The quantitative estimate of drug-likeness (QED) is 0.0222. The van der Waals surface area contributed by atoms with Crippen LogP contribution in [-0.2, 0) is 65.4 Å². The van der Waals surface area contributed by atoms with Crippen LogP contribution in [0, 0.1) is 11.8 Å². The molecular formula is C83H162O17P2. The van der Waals surface area contributed by atoms with Gasteiger partial charge in [0.25, 0.3) is 0 Å². The lowest BCUT2D eigenvalue weighted by Gasteiger charge is -2.21. The number of carbonyl (C=O) groups excluding carboxylic acids is 4. The van der Waals surface area contributed by atoms with Crippen molar-refractivity contribution in [1.82, 2.24) is 0 Å². The van der Waals surface area contributed by atoms with Crippen molar-refractivity contribution in [3.05, 3.63) is 0 Å². The van der Waals surface area contributed by atoms with Crippen LogP contribution >= 0.6 is 15.6 Å². The number of ether oxygens (including phenoxy) is 4. The second-order valence-corrected chi connectivity index (χ2v) is 33.5. The Morgan fingerprint density at radius 2 is 0.500 bits per heavy atom. The number of carbonyl (C=O) groups is 4. The number of hydrogen-bond acceptors (Lipinski definition) is 15. The van der Waals surface area contributed by atoms with Gasteiger partial charge >= 0.3 is 39.5 Å². The average molecular weight is 1490 g/mol. The van der Waals surface area contributed by atoms with E-state index in [9.17, 15) is 43.2 Å². The molecule has 0 aromatic heterocycles. The summed E-state index contributed by atoms with van der Waals surface area (Å²) in [6.07, 6.45) is 65.1. The van der Waals surface area contributed by atoms with Crippen molar-refractivity contribution in [1.29, 1.82) is 0 Å². The highest BCUT2D eigenvalue weighted by Crippen LogP contribution is 2.45. The van der Waals surface area contributed by atoms with Crippen LogP contribution in [0.3, 0.4) is 0 Å². The molecule has 0 spiro atoms. The number of phosphoric acid groups is 2. The summed E-state index contributed by atoms with van der Waals surface area (Å²) in [7, 11) is -9.92. The molecule has 6 atom stereocenters. The summed E-state index contributed by atoms with van der Waals surface area (Å²) in [5, 5.41) is 10.7. The topological polar surface area (TPSA) is 237 Å². The van der Waals surface area contributed by atoms with Crippen LogP contribution in [0.5, 0.6) is 0 Å². The summed E-state index contributed by atoms with van der Waals surface area (Å²) >= 11 is 0. The van der Waals surface area contributed by atoms with E-state index < -0.39 is 97.5 Å². The van der Waals surface area contributed by atoms with Crippen molar-refractivity contribution < 1.29 is 80.2 Å². The Morgan fingerprint density at radius 1 is 0.284 bits per heavy atom. The van der Waals surface area contributed by atoms with E-state index in [1.165, 1.54) is 257 Å². The molecule has 0 radical (unpaired) electrons. The first-order valence-corrected chi connectivity index (χ1v) is 46.0. The Kier molecular flexibility index (Phi) is 73.1. The molecule has 0 aliphatic rings. The minimum Gasteiger partial charge on any atom is -0.462 e. The first-order valence-electron chi connectivity index (χ1n) is 43.0. The molecule has 0 heterocycles. The third-order valence-corrected chi connectivity index (χ3v) is 21.7. The van der Waals surface area contributed by atoms with E-state index in [0.717, 1.165) is 102 Å². The van der Waals surface area contributed by atoms with E-state index >= 15 is 0 Å². The Bertz CT molecular complexity index is 1960. The molecule has 0 amide bonds. The van der Waals surface area contributed by atoms with Gasteiger partial charge in [0.2, 0.25) is 0 Å². The zero-order valence-corrected chi connectivity index (χ0v) is 68.7. The number of phosphoric ester groups is 2. The summed E-state index contributed by atoms with van der Waals surface area (Å²) in [5.74, 6) is -0.535. The van der Waals surface area contributed by atoms with Crippen molar-refractivity contribution in [2.75, 3.05) is 39.6 Å². The summed E-state index contributed by atoms with van der Waals surface area (Å²) in [6.45, 7) is 9.68. The monoisotopic (exact) mass is 1490 g/mol. The summed E-state index contributed by atoms with van der Waals surface area (Å²) in [5.41, 5.74) is 0. The van der Waals surface area contributed by atoms with Crippen molar-refractivity contribution in [2.24, 2.45) is 11.8 Å². The number of aliphatic hydroxyl groups excluding tert-OH is 1. The molecule has 606 valence electrons. The minimum absolute atomic E-state index is 0.108. The Labute approximate surface area is 626 Å². The summed E-state index contributed by atoms with van der Waals surface area (Å²) in [6, 6.07) is 0. The maximum atomic E-state index is 13.1. The highest BCUT2D eigenvalue weighted by Gasteiger charge is 2.30. The molecule has 0 saturated carbocycles. The zero-order valence-electron chi connectivity index (χ0n) is 66.9. The standard InChI is InChI=1S/C83H162O17P2/c1-7-10-12-14-16-18-20-22-24-26-27-29-33-38-42-50-56-62-68-82(87)99-78(71-93-80(85)65-59-53-47-40-36-34-30-31-35-39-45-51-57-63-75(4)5)73-97-101(89,90)95-69-77(84)70-96-102(91,92)98-74-79(72-94-81(86)66-60-54-48-44-43-46-52-58-64-76(6)9-3)100-83(88)67-61-55-49-41-37-32-28-25-23-21-19-17-15-13-11-8-2/h75-79,84H,7-74H2,1-6H3,(H,89,90)(H,91,92)/t76?,77-,78-,79-/m1/s1. The lowest BCUT2D eigenvalue weighted by Crippen LogP contribution is -2.30. The number of rotatable bonds is 82. The van der Waals surface area contributed by atoms with Gasteiger partial charge in [-0.2, -0.15) is 0 Å². The van der Waals surface area contributed by atoms with E-state index in [2.05, 4.69) is 41.5 Å². The number of hydrogen-bond donors (Lipinski definition) is 3. The first kappa shape index (κ1) is 100. The summed E-state index contributed by atoms with van der Waals surface area (Å²) in [4.78, 5) is 73.2. The van der Waals surface area contributed by atoms with Crippen molar-refractivity contribution >= 4 is 39.5 Å². The van der Waals surface area contributed by atoms with E-state index in [0.29, 0.717) is 25.7 Å². The Morgan fingerprint density at radius 3 is 0.745 bits per heavy atom. The Balaban J connectivity index is 5.27. The van der Waals surface area contributed by atoms with Gasteiger partial charge in [0.15, 0.2) is 12.2 Å². The maximum absolute atomic E-state index is 13.1. The number of aliphatic hydroxyl groups is 1. The molecule has 0 aliphatic heterocycles. The molecule has 19 heteroatoms. The fourth-order valence-electron chi connectivity index (χ4n) is 12.9. The molecule has 0 fully saturated rings. The van der Waals surface area contributed by atoms with Crippen LogP contribution in [0.4, 0.5) is 0 Å². The van der Waals surface area contributed by atoms with E-state index in [-0.39, 0.29) is 25.7 Å². The van der Waals surface area contributed by atoms with Gasteiger partial charge in [-0.3, -0.25) is 37.3 Å². The molecule has 3 unspecified atom stereocenters. The number of esters is 4. The smallest absolute Gasteiger partial charge is 0.462 e. The average Bonchev–Trinajstić information content (AvgIpc) is 0.918. The molecule has 102 heavy (non-hydrogen) atoms. The third kappa shape index (κ3) is 74.9. The van der Waals surface area contributed by atoms with Crippen molar-refractivity contribution in [3.63, 3.8) is 0 Å². The normalized spacial score (nSPS) is 14.1. The number of unbranched alkanes of at least 4 members (excludes halogenated alkanes) is 51. The molecule has 0 aromatic carbocycles. The van der Waals surface area contributed by atoms with Gasteiger partial charge in [-0.05, 0) is 37.5 Å². The van der Waals surface area contributed by atoms with E-state index in [1.807, 2.05) is 0 Å². The summed E-state index contributed by atoms with van der Waals surface area (Å²) < 4.78 is 68.8. The van der Waals surface area contributed by atoms with Crippen LogP contribution < -0.4 is 0 Å². The second kappa shape index (κ2) is 74.5. The molecule has 0 bridgehead atoms. The fourth-order valence-corrected chi connectivity index (χ4v) is 14.4. The predicted octanol–water partition coefficient (Wildman–Crippen LogP) is 25.1. The Hall–Kier alpha value is -1.94. The zero-order chi connectivity index (χ0) is 74.9. The van der Waals surface area contributed by atoms with Gasteiger partial charge < -0.3 is 33.8 Å². The largest absolute Gasteiger partial charge is 0.472 e. The molecule has 0 saturated heterocycles. The van der Waals surface area contributed by atoms with Crippen LogP contribution in [-0.4, -0.2) is 96.7 Å². The molecule has 17 nitrogen and oxygen atoms in total. The van der Waals surface area contributed by atoms with Gasteiger partial charge in [0, 0.05) is 25.7 Å². The van der Waals surface area contributed by atoms with Gasteiger partial charge in [-0.1, -0.05) is 388 Å². The SMILES string of the molecule is CCCCCCCCCCCCCCCCCCCCC(=O)O[C@H](COC(=O)CCCCCCCCCCCCCCCC(C)C)COP(=O)(O)OC[C@@H](O)COP(=O)(O)OC[C@@H](COC(=O)CCCCCCCCCCC(C)CC)OC(=O)CCCCCCCCCCCCCCCCCC. The molecule has 0 aliphatic carbocycles. The molecular weight excluding hydrogens is 1330 g/mol. The van der Waals surface area contributed by atoms with Gasteiger partial charge in [-0.25, -0.2) is 9.13 Å². The van der Waals surface area contributed by atoms with Crippen molar-refractivity contribution in [2.45, 2.75) is 458 Å². The fraction of sp³-hybridized carbons (Fsp3) is 0.952. The lowest BCUT2D eigenvalue weighted by atomic mass is 9.99. The molecule has 0 rings (SSSR count). The van der Waals surface area contributed by atoms with Crippen LogP contribution in [0.25, 0.3) is 0 Å². The van der Waals surface area contributed by atoms with Crippen LogP contribution in [0.1, 0.15) is 440 Å². The highest BCUT2D eigenvalue weighted by molar-refractivity contribution is 7.47. The van der Waals surface area contributed by atoms with Gasteiger partial charge in [-0.15, -0.1) is 0 Å². The molecule has 0 aromatic rings. The second-order valence-electron chi connectivity index (χ2n) is 30.6.